The van der Waals surface area contributed by atoms with Gasteiger partial charge in [0.1, 0.15) is 12.4 Å². The van der Waals surface area contributed by atoms with Crippen molar-refractivity contribution in [2.45, 2.75) is 32.8 Å². The van der Waals surface area contributed by atoms with Crippen molar-refractivity contribution in [2.75, 3.05) is 7.11 Å². The maximum atomic E-state index is 13.5. The lowest BCUT2D eigenvalue weighted by molar-refractivity contribution is 0.282. The van der Waals surface area contributed by atoms with Crippen LogP contribution in [0.15, 0.2) is 65.8 Å². The van der Waals surface area contributed by atoms with Crippen LogP contribution in [0.3, 0.4) is 0 Å². The lowest BCUT2D eigenvalue weighted by Crippen LogP contribution is -2.29. The minimum atomic E-state index is -0.437. The van der Waals surface area contributed by atoms with E-state index < -0.39 is 5.41 Å². The van der Waals surface area contributed by atoms with Crippen molar-refractivity contribution >= 4 is 88.1 Å². The molecule has 0 fully saturated rings. The predicted octanol–water partition coefficient (Wildman–Crippen LogP) is 8.76. The van der Waals surface area contributed by atoms with E-state index in [4.69, 9.17) is 37.7 Å². The molecular weight excluding hydrogens is 725 g/mol. The summed E-state index contributed by atoms with van der Waals surface area (Å²) in [5.74, 6) is 1.48. The minimum Gasteiger partial charge on any atom is -0.493 e. The number of hydrogen-bond acceptors (Lipinski definition) is 5. The Morgan fingerprint density at radius 2 is 1.79 bits per heavy atom. The summed E-state index contributed by atoms with van der Waals surface area (Å²) < 4.78 is 15.1. The van der Waals surface area contributed by atoms with Crippen molar-refractivity contribution in [3.05, 3.63) is 93.2 Å². The summed E-state index contributed by atoms with van der Waals surface area (Å²) >= 11 is 23.0. The highest BCUT2D eigenvalue weighted by Gasteiger charge is 2.23. The second kappa shape index (κ2) is 11.7. The normalized spacial score (nSPS) is 11.9. The number of ether oxygens (including phenoxy) is 2. The third-order valence-corrected chi connectivity index (χ3v) is 8.78. The number of benzene rings is 3. The van der Waals surface area contributed by atoms with E-state index >= 15 is 0 Å². The average molecular weight is 747 g/mol. The van der Waals surface area contributed by atoms with E-state index in [1.807, 2.05) is 39.0 Å². The van der Waals surface area contributed by atoms with Crippen LogP contribution < -0.4 is 15.0 Å². The van der Waals surface area contributed by atoms with Gasteiger partial charge in [-0.15, -0.1) is 0 Å². The largest absolute Gasteiger partial charge is 0.493 e. The van der Waals surface area contributed by atoms with E-state index in [0.29, 0.717) is 52.8 Å². The predicted molar refractivity (Wildman–Crippen MR) is 165 cm³/mol. The molecule has 1 aromatic heterocycles. The summed E-state index contributed by atoms with van der Waals surface area (Å²) in [6.45, 7) is 6.16. The van der Waals surface area contributed by atoms with Crippen LogP contribution in [-0.4, -0.2) is 23.0 Å². The van der Waals surface area contributed by atoms with Gasteiger partial charge in [-0.2, -0.15) is 9.78 Å². The van der Waals surface area contributed by atoms with Crippen LogP contribution in [0.5, 0.6) is 11.5 Å². The molecule has 0 spiro atoms. The van der Waals surface area contributed by atoms with Crippen molar-refractivity contribution in [2.24, 2.45) is 5.10 Å². The zero-order valence-electron chi connectivity index (χ0n) is 20.8. The van der Waals surface area contributed by atoms with Gasteiger partial charge in [0, 0.05) is 35.5 Å². The number of methoxy groups -OCH3 is 1. The number of nitrogens with zero attached hydrogens (tertiary/aromatic N) is 3. The fourth-order valence-electron chi connectivity index (χ4n) is 3.63. The lowest BCUT2D eigenvalue weighted by atomic mass is 9.95. The molecule has 0 aliphatic rings. The monoisotopic (exact) mass is 743 g/mol. The van der Waals surface area contributed by atoms with Gasteiger partial charge in [0.15, 0.2) is 11.5 Å². The van der Waals surface area contributed by atoms with E-state index in [0.717, 1.165) is 10.0 Å². The van der Waals surface area contributed by atoms with Crippen molar-refractivity contribution < 1.29 is 9.47 Å². The van der Waals surface area contributed by atoms with E-state index in [9.17, 15) is 4.79 Å². The molecule has 0 aliphatic heterocycles. The first-order valence-corrected chi connectivity index (χ1v) is 14.4. The van der Waals surface area contributed by atoms with Gasteiger partial charge in [-0.3, -0.25) is 4.79 Å². The summed E-state index contributed by atoms with van der Waals surface area (Å²) in [6.07, 6.45) is 1.58. The molecule has 0 saturated carbocycles. The van der Waals surface area contributed by atoms with Crippen molar-refractivity contribution in [1.29, 1.82) is 0 Å². The van der Waals surface area contributed by atoms with Crippen LogP contribution in [0.25, 0.3) is 10.9 Å². The first kappa shape index (κ1) is 29.1. The minimum absolute atomic E-state index is 0.202. The summed E-state index contributed by atoms with van der Waals surface area (Å²) in [5.41, 5.74) is 1.35. The molecule has 0 unspecified atom stereocenters. The molecule has 0 aliphatic carbocycles. The van der Waals surface area contributed by atoms with Gasteiger partial charge in [0.2, 0.25) is 0 Å². The molecule has 198 valence electrons. The van der Waals surface area contributed by atoms with Gasteiger partial charge >= 0.3 is 0 Å². The van der Waals surface area contributed by atoms with E-state index in [2.05, 4.69) is 52.9 Å². The fourth-order valence-corrected chi connectivity index (χ4v) is 5.39. The fraction of sp³-hybridized carbons (Fsp3) is 0.222. The number of aromatic nitrogens is 2. The van der Waals surface area contributed by atoms with Crippen LogP contribution in [0.1, 0.15) is 37.7 Å². The zero-order valence-corrected chi connectivity index (χ0v) is 27.1. The second-order valence-electron chi connectivity index (χ2n) is 9.36. The Bertz CT molecular complexity index is 1630. The Hall–Kier alpha value is -1.91. The van der Waals surface area contributed by atoms with Gasteiger partial charge in [0.05, 0.1) is 28.7 Å². The summed E-state index contributed by atoms with van der Waals surface area (Å²) in [4.78, 5) is 18.2. The highest BCUT2D eigenvalue weighted by molar-refractivity contribution is 9.13. The molecule has 38 heavy (non-hydrogen) atoms. The van der Waals surface area contributed by atoms with Gasteiger partial charge in [-0.25, -0.2) is 4.98 Å². The molecule has 4 rings (SSSR count). The SMILES string of the molecule is COc1cc(C=Nn2c(C(C)(C)C)nc3ccc(Br)cc3c2=O)c(Br)c(Br)c1OCc1ccc(Cl)cc1Cl. The van der Waals surface area contributed by atoms with Crippen LogP contribution in [0, 0.1) is 0 Å². The van der Waals surface area contributed by atoms with Crippen LogP contribution in [0.4, 0.5) is 0 Å². The molecule has 11 heteroatoms. The Labute approximate surface area is 255 Å². The molecule has 0 saturated heterocycles. The van der Waals surface area contributed by atoms with Gasteiger partial charge < -0.3 is 9.47 Å². The quantitative estimate of drug-likeness (QED) is 0.185. The van der Waals surface area contributed by atoms with Crippen molar-refractivity contribution in [3.8, 4) is 11.5 Å². The van der Waals surface area contributed by atoms with Crippen LogP contribution in [-0.2, 0) is 12.0 Å². The van der Waals surface area contributed by atoms with Crippen molar-refractivity contribution in [1.82, 2.24) is 9.66 Å². The van der Waals surface area contributed by atoms with Gasteiger partial charge in [-0.1, -0.05) is 66.0 Å². The molecule has 0 amide bonds. The Kier molecular flexibility index (Phi) is 8.94. The van der Waals surface area contributed by atoms with Crippen LogP contribution in [0.2, 0.25) is 10.0 Å². The molecule has 6 nitrogen and oxygen atoms in total. The Balaban J connectivity index is 1.76. The van der Waals surface area contributed by atoms with Gasteiger partial charge in [-0.05, 0) is 68.3 Å². The summed E-state index contributed by atoms with van der Waals surface area (Å²) in [6, 6.07) is 12.4. The Morgan fingerprint density at radius 3 is 2.45 bits per heavy atom. The maximum Gasteiger partial charge on any atom is 0.282 e. The first-order valence-electron chi connectivity index (χ1n) is 11.3. The zero-order chi connectivity index (χ0) is 27.8. The molecule has 0 radical (unpaired) electrons. The number of fused-ring (bicyclic) bond motifs is 1. The average Bonchev–Trinajstić information content (AvgIpc) is 2.85. The van der Waals surface area contributed by atoms with E-state index in [1.54, 1.807) is 37.6 Å². The number of hydrogen-bond donors (Lipinski definition) is 0. The topological polar surface area (TPSA) is 65.7 Å². The van der Waals surface area contributed by atoms with E-state index in [1.165, 1.54) is 4.68 Å². The first-order chi connectivity index (χ1) is 17.9. The summed E-state index contributed by atoms with van der Waals surface area (Å²) in [7, 11) is 1.55. The highest BCUT2D eigenvalue weighted by atomic mass is 79.9. The highest BCUT2D eigenvalue weighted by Crippen LogP contribution is 2.43. The third-order valence-electron chi connectivity index (χ3n) is 5.55. The smallest absolute Gasteiger partial charge is 0.282 e. The molecule has 0 N–H and O–H groups in total. The van der Waals surface area contributed by atoms with Crippen LogP contribution >= 0.6 is 71.0 Å². The van der Waals surface area contributed by atoms with Gasteiger partial charge in [0.25, 0.3) is 5.56 Å². The second-order valence-corrected chi connectivity index (χ2v) is 12.7. The lowest BCUT2D eigenvalue weighted by Gasteiger charge is -2.21. The molecule has 3 aromatic carbocycles. The molecular formula is C27H22Br3Cl2N3O3. The molecule has 0 atom stereocenters. The molecule has 0 bridgehead atoms. The van der Waals surface area contributed by atoms with Crippen molar-refractivity contribution in [3.63, 3.8) is 0 Å². The maximum absolute atomic E-state index is 13.5. The standard InChI is InChI=1S/C27H22Br3Cl2N3O3/c1-27(2,3)26-34-20-8-6-16(28)10-18(20)25(36)35(26)33-12-15-9-21(37-4)24(23(30)22(15)29)38-13-14-5-7-17(31)11-19(14)32/h5-12H,13H2,1-4H3. The molecule has 4 aromatic rings. The van der Waals surface area contributed by atoms with E-state index in [-0.39, 0.29) is 12.2 Å². The Morgan fingerprint density at radius 1 is 1.05 bits per heavy atom. The summed E-state index contributed by atoms with van der Waals surface area (Å²) in [5, 5.41) is 6.09. The number of rotatable bonds is 6. The molecule has 1 heterocycles. The number of halogens is 5. The third kappa shape index (κ3) is 6.12.